The van der Waals surface area contributed by atoms with Gasteiger partial charge in [-0.1, -0.05) is 23.7 Å². The molecule has 0 atom stereocenters. The zero-order valence-corrected chi connectivity index (χ0v) is 9.16. The molecule has 1 amide bonds. The van der Waals surface area contributed by atoms with E-state index >= 15 is 0 Å². The third-order valence-corrected chi connectivity index (χ3v) is 2.68. The first kappa shape index (κ1) is 10.7. The molecule has 1 aromatic rings. The minimum atomic E-state index is -0.255. The SMILES string of the molecule is CN(C(=O)SCl)c1ccccc1Cl. The van der Waals surface area contributed by atoms with Gasteiger partial charge in [-0.2, -0.15) is 0 Å². The number of para-hydroxylation sites is 1. The summed E-state index contributed by atoms with van der Waals surface area (Å²) in [5, 5.41) is 0.277. The second-order valence-corrected chi connectivity index (χ2v) is 3.73. The van der Waals surface area contributed by atoms with Crippen molar-refractivity contribution < 1.29 is 4.79 Å². The first-order chi connectivity index (χ1) is 6.16. The second kappa shape index (κ2) is 4.74. The number of nitrogens with zero attached hydrogens (tertiary/aromatic N) is 1. The van der Waals surface area contributed by atoms with Gasteiger partial charge in [0, 0.05) is 18.0 Å². The molecule has 0 N–H and O–H groups in total. The van der Waals surface area contributed by atoms with Crippen molar-refractivity contribution in [2.75, 3.05) is 11.9 Å². The highest BCUT2D eigenvalue weighted by Gasteiger charge is 2.12. The summed E-state index contributed by atoms with van der Waals surface area (Å²) < 4.78 is 0. The van der Waals surface area contributed by atoms with Crippen molar-refractivity contribution in [2.24, 2.45) is 0 Å². The van der Waals surface area contributed by atoms with E-state index in [9.17, 15) is 4.79 Å². The van der Waals surface area contributed by atoms with Crippen molar-refractivity contribution in [1.82, 2.24) is 0 Å². The average molecular weight is 236 g/mol. The molecule has 0 saturated carbocycles. The lowest BCUT2D eigenvalue weighted by Gasteiger charge is -2.15. The van der Waals surface area contributed by atoms with Crippen LogP contribution in [0.15, 0.2) is 24.3 Å². The number of carbonyl (C=O) groups is 1. The summed E-state index contributed by atoms with van der Waals surface area (Å²) in [5.74, 6) is 0. The van der Waals surface area contributed by atoms with Gasteiger partial charge in [0.2, 0.25) is 0 Å². The van der Waals surface area contributed by atoms with Gasteiger partial charge in [0.05, 0.1) is 10.7 Å². The number of hydrogen-bond donors (Lipinski definition) is 0. The van der Waals surface area contributed by atoms with Gasteiger partial charge in [-0.05, 0) is 22.8 Å². The molecule has 1 rings (SSSR count). The normalized spacial score (nSPS) is 9.77. The van der Waals surface area contributed by atoms with Crippen LogP contribution in [-0.4, -0.2) is 12.3 Å². The summed E-state index contributed by atoms with van der Waals surface area (Å²) in [6.45, 7) is 0. The molecule has 13 heavy (non-hydrogen) atoms. The third-order valence-electron chi connectivity index (χ3n) is 1.55. The van der Waals surface area contributed by atoms with Gasteiger partial charge < -0.3 is 4.90 Å². The van der Waals surface area contributed by atoms with Crippen molar-refractivity contribution in [3.05, 3.63) is 29.3 Å². The lowest BCUT2D eigenvalue weighted by molar-refractivity contribution is 0.266. The molecule has 0 aliphatic rings. The Morgan fingerprint density at radius 2 is 2.08 bits per heavy atom. The van der Waals surface area contributed by atoms with Crippen LogP contribution in [0.2, 0.25) is 5.02 Å². The third kappa shape index (κ3) is 2.53. The van der Waals surface area contributed by atoms with Crippen molar-refractivity contribution in [3.63, 3.8) is 0 Å². The first-order valence-corrected chi connectivity index (χ1v) is 5.49. The Morgan fingerprint density at radius 3 is 2.62 bits per heavy atom. The number of amides is 1. The quantitative estimate of drug-likeness (QED) is 0.739. The first-order valence-electron chi connectivity index (χ1n) is 3.47. The van der Waals surface area contributed by atoms with E-state index in [2.05, 4.69) is 0 Å². The van der Waals surface area contributed by atoms with Gasteiger partial charge in [0.15, 0.2) is 0 Å². The van der Waals surface area contributed by atoms with Crippen LogP contribution in [0.1, 0.15) is 0 Å². The van der Waals surface area contributed by atoms with Gasteiger partial charge in [-0.15, -0.1) is 0 Å². The second-order valence-electron chi connectivity index (χ2n) is 2.35. The molecule has 0 heterocycles. The Kier molecular flexibility index (Phi) is 3.90. The molecule has 0 bridgehead atoms. The predicted molar refractivity (Wildman–Crippen MR) is 58.7 cm³/mol. The maximum Gasteiger partial charge on any atom is 0.301 e. The molecular formula is C8H7Cl2NOS. The number of anilines is 1. The minimum Gasteiger partial charge on any atom is -0.304 e. The lowest BCUT2D eigenvalue weighted by atomic mass is 10.3. The average Bonchev–Trinajstić information content (AvgIpc) is 2.16. The molecule has 0 saturated heterocycles. The van der Waals surface area contributed by atoms with Gasteiger partial charge in [-0.3, -0.25) is 4.79 Å². The van der Waals surface area contributed by atoms with E-state index in [1.54, 1.807) is 25.2 Å². The fraction of sp³-hybridized carbons (Fsp3) is 0.125. The minimum absolute atomic E-state index is 0.255. The molecule has 0 aliphatic heterocycles. The predicted octanol–water partition coefficient (Wildman–Crippen LogP) is 3.78. The van der Waals surface area contributed by atoms with Gasteiger partial charge >= 0.3 is 5.24 Å². The summed E-state index contributed by atoms with van der Waals surface area (Å²) in [6, 6.07) is 7.09. The fourth-order valence-electron chi connectivity index (χ4n) is 0.874. The molecule has 0 unspecified atom stereocenters. The molecule has 0 aromatic heterocycles. The van der Waals surface area contributed by atoms with E-state index < -0.39 is 0 Å². The molecule has 70 valence electrons. The Hall–Kier alpha value is -0.380. The molecular weight excluding hydrogens is 229 g/mol. The van der Waals surface area contributed by atoms with Crippen LogP contribution in [0, 0.1) is 0 Å². The van der Waals surface area contributed by atoms with E-state index in [0.29, 0.717) is 21.7 Å². The Balaban J connectivity index is 2.95. The van der Waals surface area contributed by atoms with Crippen molar-refractivity contribution >= 4 is 44.2 Å². The topological polar surface area (TPSA) is 20.3 Å². The number of carbonyl (C=O) groups excluding carboxylic acids is 1. The van der Waals surface area contributed by atoms with Crippen LogP contribution < -0.4 is 4.90 Å². The molecule has 0 radical (unpaired) electrons. The highest BCUT2D eigenvalue weighted by molar-refractivity contribution is 8.32. The van der Waals surface area contributed by atoms with Gasteiger partial charge in [-0.25, -0.2) is 0 Å². The summed E-state index contributed by atoms with van der Waals surface area (Å²) in [6.07, 6.45) is 0. The van der Waals surface area contributed by atoms with Crippen molar-refractivity contribution in [3.8, 4) is 0 Å². The summed E-state index contributed by atoms with van der Waals surface area (Å²) in [7, 11) is 7.59. The highest BCUT2D eigenvalue weighted by Crippen LogP contribution is 2.27. The van der Waals surface area contributed by atoms with Gasteiger partial charge in [0.25, 0.3) is 0 Å². The molecule has 0 spiro atoms. The molecule has 2 nitrogen and oxygen atoms in total. The molecule has 5 heteroatoms. The monoisotopic (exact) mass is 235 g/mol. The fourth-order valence-corrected chi connectivity index (χ4v) is 1.65. The highest BCUT2D eigenvalue weighted by atomic mass is 35.7. The van der Waals surface area contributed by atoms with E-state index in [4.69, 9.17) is 22.3 Å². The summed E-state index contributed by atoms with van der Waals surface area (Å²) in [5.41, 5.74) is 0.655. The van der Waals surface area contributed by atoms with E-state index in [1.165, 1.54) is 4.90 Å². The Morgan fingerprint density at radius 1 is 1.46 bits per heavy atom. The zero-order chi connectivity index (χ0) is 9.84. The van der Waals surface area contributed by atoms with E-state index in [-0.39, 0.29) is 5.24 Å². The molecule has 0 aliphatic carbocycles. The van der Waals surface area contributed by atoms with Crippen molar-refractivity contribution in [2.45, 2.75) is 0 Å². The van der Waals surface area contributed by atoms with Gasteiger partial charge in [0.1, 0.15) is 0 Å². The zero-order valence-electron chi connectivity index (χ0n) is 6.83. The smallest absolute Gasteiger partial charge is 0.301 e. The molecule has 1 aromatic carbocycles. The largest absolute Gasteiger partial charge is 0.304 e. The van der Waals surface area contributed by atoms with Crippen LogP contribution >= 0.6 is 33.3 Å². The van der Waals surface area contributed by atoms with Crippen LogP contribution in [0.3, 0.4) is 0 Å². The Bertz CT molecular complexity index is 319. The number of benzene rings is 1. The standard InChI is InChI=1S/C8H7Cl2NOS/c1-11(8(12)13-10)7-5-3-2-4-6(7)9/h2-5H,1H3. The van der Waals surface area contributed by atoms with Crippen molar-refractivity contribution in [1.29, 1.82) is 0 Å². The summed E-state index contributed by atoms with van der Waals surface area (Å²) >= 11 is 5.87. The summed E-state index contributed by atoms with van der Waals surface area (Å²) in [4.78, 5) is 12.6. The van der Waals surface area contributed by atoms with E-state index in [0.717, 1.165) is 0 Å². The lowest BCUT2D eigenvalue weighted by Crippen LogP contribution is -2.20. The van der Waals surface area contributed by atoms with Crippen LogP contribution in [0.4, 0.5) is 10.5 Å². The molecule has 0 fully saturated rings. The number of hydrogen-bond acceptors (Lipinski definition) is 2. The maximum atomic E-state index is 11.2. The maximum absolute atomic E-state index is 11.2. The van der Waals surface area contributed by atoms with Crippen LogP contribution in [-0.2, 0) is 0 Å². The Labute approximate surface area is 90.3 Å². The van der Waals surface area contributed by atoms with Crippen LogP contribution in [0.25, 0.3) is 0 Å². The number of halogens is 2. The van der Waals surface area contributed by atoms with E-state index in [1.807, 2.05) is 6.07 Å². The number of rotatable bonds is 1. The van der Waals surface area contributed by atoms with Crippen LogP contribution in [0.5, 0.6) is 0 Å².